The number of aromatic nitrogens is 1. The van der Waals surface area contributed by atoms with E-state index < -0.39 is 0 Å². The number of hydrogen-bond acceptors (Lipinski definition) is 4. The van der Waals surface area contributed by atoms with Gasteiger partial charge in [0.05, 0.1) is 13.2 Å². The highest BCUT2D eigenvalue weighted by molar-refractivity contribution is 5.43. The lowest BCUT2D eigenvalue weighted by Gasteiger charge is -2.28. The van der Waals surface area contributed by atoms with Gasteiger partial charge in [0.2, 0.25) is 0 Å². The normalized spacial score (nSPS) is 16.3. The highest BCUT2D eigenvalue weighted by atomic mass is 16.5. The van der Waals surface area contributed by atoms with E-state index in [1.54, 1.807) is 0 Å². The van der Waals surface area contributed by atoms with Gasteiger partial charge < -0.3 is 15.0 Å². The molecule has 1 N–H and O–H groups in total. The molecule has 1 aliphatic heterocycles. The number of nitrogens with zero attached hydrogens (tertiary/aromatic N) is 2. The fraction of sp³-hybridized carbons (Fsp3) is 0.643. The number of morpholine rings is 1. The van der Waals surface area contributed by atoms with Crippen molar-refractivity contribution in [3.8, 4) is 0 Å². The van der Waals surface area contributed by atoms with E-state index in [1.165, 1.54) is 5.56 Å². The molecular formula is C14H23N3O. The second-order valence-corrected chi connectivity index (χ2v) is 5.11. The minimum atomic E-state index is 0.505. The van der Waals surface area contributed by atoms with Gasteiger partial charge in [0.1, 0.15) is 5.82 Å². The van der Waals surface area contributed by atoms with Crippen LogP contribution < -0.4 is 10.2 Å². The minimum absolute atomic E-state index is 0.505. The summed E-state index contributed by atoms with van der Waals surface area (Å²) in [5.41, 5.74) is 2.39. The maximum absolute atomic E-state index is 5.38. The van der Waals surface area contributed by atoms with Crippen LogP contribution in [-0.4, -0.2) is 37.3 Å². The van der Waals surface area contributed by atoms with E-state index in [9.17, 15) is 0 Å². The van der Waals surface area contributed by atoms with Gasteiger partial charge in [-0.3, -0.25) is 0 Å². The van der Waals surface area contributed by atoms with Crippen molar-refractivity contribution in [3.63, 3.8) is 0 Å². The summed E-state index contributed by atoms with van der Waals surface area (Å²) in [5.74, 6) is 1.08. The van der Waals surface area contributed by atoms with Crippen LogP contribution in [0.4, 0.5) is 5.82 Å². The molecule has 2 heterocycles. The molecule has 1 aliphatic rings. The van der Waals surface area contributed by atoms with Gasteiger partial charge in [0, 0.05) is 31.4 Å². The molecule has 0 aliphatic carbocycles. The Labute approximate surface area is 109 Å². The average molecular weight is 249 g/mol. The highest BCUT2D eigenvalue weighted by Gasteiger charge is 2.13. The van der Waals surface area contributed by atoms with E-state index in [1.807, 2.05) is 0 Å². The zero-order valence-corrected chi connectivity index (χ0v) is 11.6. The molecule has 0 bridgehead atoms. The summed E-state index contributed by atoms with van der Waals surface area (Å²) in [6.07, 6.45) is 0. The maximum atomic E-state index is 5.38. The molecule has 18 heavy (non-hydrogen) atoms. The number of ether oxygens (including phenoxy) is 1. The Morgan fingerprint density at radius 1 is 1.33 bits per heavy atom. The molecular weight excluding hydrogens is 226 g/mol. The molecule has 0 atom stereocenters. The van der Waals surface area contributed by atoms with Gasteiger partial charge in [-0.15, -0.1) is 0 Å². The van der Waals surface area contributed by atoms with E-state index in [0.29, 0.717) is 6.04 Å². The van der Waals surface area contributed by atoms with E-state index in [4.69, 9.17) is 4.74 Å². The molecule has 4 nitrogen and oxygen atoms in total. The average Bonchev–Trinajstić information content (AvgIpc) is 2.37. The van der Waals surface area contributed by atoms with Crippen LogP contribution in [0.3, 0.4) is 0 Å². The first-order valence-corrected chi connectivity index (χ1v) is 6.69. The topological polar surface area (TPSA) is 37.4 Å². The number of rotatable bonds is 4. The van der Waals surface area contributed by atoms with Crippen LogP contribution in [0.2, 0.25) is 0 Å². The van der Waals surface area contributed by atoms with E-state index >= 15 is 0 Å². The predicted molar refractivity (Wildman–Crippen MR) is 74.0 cm³/mol. The summed E-state index contributed by atoms with van der Waals surface area (Å²) in [7, 11) is 0. The molecule has 2 rings (SSSR count). The number of nitrogens with one attached hydrogen (secondary N) is 1. The molecule has 0 saturated carbocycles. The monoisotopic (exact) mass is 249 g/mol. The fourth-order valence-electron chi connectivity index (χ4n) is 2.10. The van der Waals surface area contributed by atoms with Gasteiger partial charge in [-0.2, -0.15) is 0 Å². The molecule has 100 valence electrons. The maximum Gasteiger partial charge on any atom is 0.129 e. The van der Waals surface area contributed by atoms with Gasteiger partial charge in [0.15, 0.2) is 0 Å². The molecule has 1 saturated heterocycles. The molecule has 1 aromatic heterocycles. The lowest BCUT2D eigenvalue weighted by molar-refractivity contribution is 0.122. The molecule has 1 fully saturated rings. The first-order valence-electron chi connectivity index (χ1n) is 6.69. The van der Waals surface area contributed by atoms with Crippen molar-refractivity contribution in [2.24, 2.45) is 0 Å². The molecule has 0 unspecified atom stereocenters. The van der Waals surface area contributed by atoms with Crippen molar-refractivity contribution >= 4 is 5.82 Å². The van der Waals surface area contributed by atoms with Crippen molar-refractivity contribution in [3.05, 3.63) is 23.4 Å². The number of aryl methyl sites for hydroxylation is 1. The Hall–Kier alpha value is -1.13. The van der Waals surface area contributed by atoms with Gasteiger partial charge in [-0.25, -0.2) is 4.98 Å². The SMILES string of the molecule is Cc1cc(CNC(C)C)cc(N2CCOCC2)n1. The summed E-state index contributed by atoms with van der Waals surface area (Å²) < 4.78 is 5.38. The van der Waals surface area contributed by atoms with E-state index in [-0.39, 0.29) is 0 Å². The predicted octanol–water partition coefficient (Wildman–Crippen LogP) is 1.72. The van der Waals surface area contributed by atoms with Crippen LogP contribution in [0.1, 0.15) is 25.1 Å². The first-order chi connectivity index (χ1) is 8.65. The molecule has 0 aromatic carbocycles. The molecule has 0 spiro atoms. The summed E-state index contributed by atoms with van der Waals surface area (Å²) in [6, 6.07) is 4.85. The van der Waals surface area contributed by atoms with Crippen LogP contribution in [0.5, 0.6) is 0 Å². The Morgan fingerprint density at radius 3 is 2.72 bits per heavy atom. The number of anilines is 1. The Morgan fingerprint density at radius 2 is 2.06 bits per heavy atom. The van der Waals surface area contributed by atoms with Crippen LogP contribution in [0.15, 0.2) is 12.1 Å². The molecule has 1 aromatic rings. The molecule has 4 heteroatoms. The third kappa shape index (κ3) is 3.68. The van der Waals surface area contributed by atoms with Crippen molar-refractivity contribution in [1.29, 1.82) is 0 Å². The quantitative estimate of drug-likeness (QED) is 0.882. The Balaban J connectivity index is 2.09. The van der Waals surface area contributed by atoms with Gasteiger partial charge in [-0.05, 0) is 24.6 Å². The lowest BCUT2D eigenvalue weighted by atomic mass is 10.2. The summed E-state index contributed by atoms with van der Waals surface area (Å²) >= 11 is 0. The van der Waals surface area contributed by atoms with Crippen molar-refractivity contribution in [2.45, 2.75) is 33.4 Å². The second kappa shape index (κ2) is 6.16. The van der Waals surface area contributed by atoms with Crippen molar-refractivity contribution in [2.75, 3.05) is 31.2 Å². The van der Waals surface area contributed by atoms with Gasteiger partial charge >= 0.3 is 0 Å². The van der Waals surface area contributed by atoms with Crippen LogP contribution in [-0.2, 0) is 11.3 Å². The summed E-state index contributed by atoms with van der Waals surface area (Å²) in [6.45, 7) is 10.8. The molecule has 0 amide bonds. The largest absolute Gasteiger partial charge is 0.378 e. The third-order valence-electron chi connectivity index (χ3n) is 3.05. The summed E-state index contributed by atoms with van der Waals surface area (Å²) in [4.78, 5) is 6.93. The van der Waals surface area contributed by atoms with Crippen LogP contribution in [0, 0.1) is 6.92 Å². The zero-order chi connectivity index (χ0) is 13.0. The standard InChI is InChI=1S/C14H23N3O/c1-11(2)15-10-13-8-12(3)16-14(9-13)17-4-6-18-7-5-17/h8-9,11,15H,4-7,10H2,1-3H3. The van der Waals surface area contributed by atoms with Crippen LogP contribution in [0.25, 0.3) is 0 Å². The Bertz CT molecular complexity index is 387. The third-order valence-corrected chi connectivity index (χ3v) is 3.05. The van der Waals surface area contributed by atoms with Gasteiger partial charge in [-0.1, -0.05) is 13.8 Å². The second-order valence-electron chi connectivity index (χ2n) is 5.11. The van der Waals surface area contributed by atoms with E-state index in [0.717, 1.165) is 44.4 Å². The van der Waals surface area contributed by atoms with Crippen molar-refractivity contribution < 1.29 is 4.74 Å². The smallest absolute Gasteiger partial charge is 0.129 e. The van der Waals surface area contributed by atoms with E-state index in [2.05, 4.69) is 48.1 Å². The first kappa shape index (κ1) is 13.3. The minimum Gasteiger partial charge on any atom is -0.378 e. The summed E-state index contributed by atoms with van der Waals surface area (Å²) in [5, 5.41) is 3.45. The zero-order valence-electron chi connectivity index (χ0n) is 11.6. The molecule has 0 radical (unpaired) electrons. The van der Waals surface area contributed by atoms with Crippen molar-refractivity contribution in [1.82, 2.24) is 10.3 Å². The van der Waals surface area contributed by atoms with Crippen LogP contribution >= 0.6 is 0 Å². The number of pyridine rings is 1. The lowest BCUT2D eigenvalue weighted by Crippen LogP contribution is -2.37. The fourth-order valence-corrected chi connectivity index (χ4v) is 2.10. The van der Waals surface area contributed by atoms with Gasteiger partial charge in [0.25, 0.3) is 0 Å². The highest BCUT2D eigenvalue weighted by Crippen LogP contribution is 2.16. The number of hydrogen-bond donors (Lipinski definition) is 1. The Kier molecular flexibility index (Phi) is 4.55.